The minimum atomic E-state index is -4.09. The fraction of sp³-hybridized carbons (Fsp3) is 0.806. The zero-order chi connectivity index (χ0) is 33.2. The van der Waals surface area contributed by atoms with E-state index in [9.17, 15) is 26.9 Å². The lowest BCUT2D eigenvalue weighted by molar-refractivity contribution is -0.135. The molecule has 1 aromatic carbocycles. The van der Waals surface area contributed by atoms with Crippen LogP contribution in [-0.4, -0.2) is 31.3 Å². The lowest BCUT2D eigenvalue weighted by atomic mass is 9.98. The number of alkyl halides is 3. The molecule has 262 valence electrons. The third-order valence-electron chi connectivity index (χ3n) is 8.18. The van der Waals surface area contributed by atoms with Crippen molar-refractivity contribution in [2.24, 2.45) is 0 Å². The van der Waals surface area contributed by atoms with E-state index in [1.165, 1.54) is 69.6 Å². The van der Waals surface area contributed by atoms with Crippen LogP contribution in [-0.2, 0) is 20.0 Å². The highest BCUT2D eigenvalue weighted by atomic mass is 31.2. The normalized spacial score (nSPS) is 12.2. The summed E-state index contributed by atoms with van der Waals surface area (Å²) in [5.74, 6) is -0.795. The molecule has 0 fully saturated rings. The molecule has 0 N–H and O–H groups in total. The van der Waals surface area contributed by atoms with Crippen LogP contribution >= 0.6 is 7.60 Å². The van der Waals surface area contributed by atoms with Crippen molar-refractivity contribution in [1.29, 1.82) is 0 Å². The highest BCUT2D eigenvalue weighted by Gasteiger charge is 2.30. The Morgan fingerprint density at radius 1 is 0.667 bits per heavy atom. The second-order valence-corrected chi connectivity index (χ2v) is 14.5. The molecule has 0 aliphatic carbocycles. The Morgan fingerprint density at radius 3 is 1.60 bits per heavy atom. The summed E-state index contributed by atoms with van der Waals surface area (Å²) in [5.41, 5.74) is 0.929. The number of unbranched alkanes of at least 4 members (excludes halogenated alkanes) is 18. The monoisotopic (exact) mass is 664 g/mol. The molecule has 4 nitrogen and oxygen atoms in total. The molecule has 0 heterocycles. The average Bonchev–Trinajstić information content (AvgIpc) is 2.98. The molecule has 0 amide bonds. The molecule has 0 saturated carbocycles. The average molecular weight is 665 g/mol. The Morgan fingerprint density at radius 2 is 1.11 bits per heavy atom. The first-order valence-electron chi connectivity index (χ1n) is 17.9. The Labute approximate surface area is 271 Å². The van der Waals surface area contributed by atoms with Crippen LogP contribution in [0.2, 0.25) is 0 Å². The van der Waals surface area contributed by atoms with Crippen molar-refractivity contribution < 1.29 is 36.0 Å². The Kier molecular flexibility index (Phi) is 24.0. The van der Waals surface area contributed by atoms with Crippen molar-refractivity contribution >= 4 is 13.4 Å². The molecule has 0 aromatic heterocycles. The number of benzene rings is 1. The second kappa shape index (κ2) is 25.8. The third kappa shape index (κ3) is 22.8. The summed E-state index contributed by atoms with van der Waals surface area (Å²) in [6, 6.07) is 4.08. The van der Waals surface area contributed by atoms with Gasteiger partial charge in [-0.3, -0.25) is 9.36 Å². The van der Waals surface area contributed by atoms with E-state index in [0.29, 0.717) is 24.0 Å². The number of carbonyl (C=O) groups is 1. The molecular weight excluding hydrogens is 603 g/mol. The number of hydrogen-bond acceptors (Lipinski definition) is 4. The van der Waals surface area contributed by atoms with Crippen molar-refractivity contribution in [3.8, 4) is 0 Å². The van der Waals surface area contributed by atoms with Crippen molar-refractivity contribution in [2.75, 3.05) is 19.4 Å². The van der Waals surface area contributed by atoms with Gasteiger partial charge in [0.2, 0.25) is 0 Å². The van der Waals surface area contributed by atoms with Crippen LogP contribution in [0.4, 0.5) is 17.6 Å². The van der Waals surface area contributed by atoms with Crippen LogP contribution < -0.4 is 0 Å². The van der Waals surface area contributed by atoms with Crippen LogP contribution in [0.25, 0.3) is 0 Å². The standard InChI is InChI=1S/C36H61F4O4P/c1-3-5-7-9-14-18-22-28-43-45(42,44-29-23-19-15-10-8-6-4-2)31-35(41)34-26-25-33(37)30-32(34)24-20-16-12-11-13-17-21-27-36(38,39)40/h25-26,30H,3-24,27-29,31H2,1-2H3. The molecule has 1 aromatic rings. The van der Waals surface area contributed by atoms with E-state index >= 15 is 0 Å². The summed E-state index contributed by atoms with van der Waals surface area (Å²) in [7, 11) is -3.68. The third-order valence-corrected chi connectivity index (χ3v) is 10.0. The van der Waals surface area contributed by atoms with E-state index in [4.69, 9.17) is 9.05 Å². The number of rotatable bonds is 30. The fourth-order valence-electron chi connectivity index (χ4n) is 5.48. The van der Waals surface area contributed by atoms with E-state index < -0.39 is 26.0 Å². The van der Waals surface area contributed by atoms with E-state index in [1.807, 2.05) is 0 Å². The summed E-state index contributed by atoms with van der Waals surface area (Å²) >= 11 is 0. The second-order valence-electron chi connectivity index (χ2n) is 12.5. The van der Waals surface area contributed by atoms with Crippen LogP contribution in [0.1, 0.15) is 171 Å². The van der Waals surface area contributed by atoms with E-state index in [2.05, 4.69) is 13.8 Å². The quantitative estimate of drug-likeness (QED) is 0.0355. The van der Waals surface area contributed by atoms with Crippen LogP contribution in [0.15, 0.2) is 18.2 Å². The van der Waals surface area contributed by atoms with Gasteiger partial charge in [-0.2, -0.15) is 13.2 Å². The van der Waals surface area contributed by atoms with Crippen molar-refractivity contribution in [3.05, 3.63) is 35.1 Å². The lowest BCUT2D eigenvalue weighted by Gasteiger charge is -2.19. The lowest BCUT2D eigenvalue weighted by Crippen LogP contribution is -2.13. The topological polar surface area (TPSA) is 52.6 Å². The first-order chi connectivity index (χ1) is 21.6. The maximum Gasteiger partial charge on any atom is 0.389 e. The zero-order valence-corrected chi connectivity index (χ0v) is 29.1. The van der Waals surface area contributed by atoms with E-state index in [1.54, 1.807) is 0 Å². The van der Waals surface area contributed by atoms with E-state index in [0.717, 1.165) is 70.6 Å². The number of carbonyl (C=O) groups excluding carboxylic acids is 1. The Bertz CT molecular complexity index is 914. The molecule has 0 spiro atoms. The van der Waals surface area contributed by atoms with Gasteiger partial charge >= 0.3 is 13.8 Å². The molecule has 0 unspecified atom stereocenters. The van der Waals surface area contributed by atoms with Gasteiger partial charge in [0.05, 0.1) is 13.2 Å². The maximum atomic E-state index is 14.2. The predicted octanol–water partition coefficient (Wildman–Crippen LogP) is 13.0. The number of aryl methyl sites for hydroxylation is 1. The molecule has 0 saturated heterocycles. The van der Waals surface area contributed by atoms with E-state index in [-0.39, 0.29) is 31.6 Å². The van der Waals surface area contributed by atoms with Crippen LogP contribution in [0.3, 0.4) is 0 Å². The summed E-state index contributed by atoms with van der Waals surface area (Å²) in [5, 5.41) is 0. The smallest absolute Gasteiger partial charge is 0.308 e. The number of Topliss-reactive ketones (excluding diaryl/α,β-unsaturated/α-hetero) is 1. The number of ketones is 1. The first-order valence-corrected chi connectivity index (χ1v) is 19.6. The van der Waals surface area contributed by atoms with Crippen molar-refractivity contribution in [1.82, 2.24) is 0 Å². The van der Waals surface area contributed by atoms with Crippen molar-refractivity contribution in [3.63, 3.8) is 0 Å². The summed E-state index contributed by atoms with van der Waals surface area (Å²) in [6.45, 7) is 4.93. The minimum Gasteiger partial charge on any atom is -0.308 e. The van der Waals surface area contributed by atoms with Gasteiger partial charge in [-0.15, -0.1) is 0 Å². The Balaban J connectivity index is 2.65. The molecule has 0 aliphatic rings. The molecule has 0 radical (unpaired) electrons. The van der Waals surface area contributed by atoms with Crippen LogP contribution in [0.5, 0.6) is 0 Å². The first kappa shape index (κ1) is 41.8. The van der Waals surface area contributed by atoms with Gasteiger partial charge in [-0.25, -0.2) is 4.39 Å². The minimum absolute atomic E-state index is 0.160. The molecule has 45 heavy (non-hydrogen) atoms. The fourth-order valence-corrected chi connectivity index (χ4v) is 7.07. The number of halogens is 4. The van der Waals surface area contributed by atoms with Gasteiger partial charge in [0, 0.05) is 12.0 Å². The van der Waals surface area contributed by atoms with Crippen LogP contribution in [0, 0.1) is 5.82 Å². The molecule has 0 atom stereocenters. The molecule has 1 rings (SSSR count). The van der Waals surface area contributed by atoms with Crippen molar-refractivity contribution in [2.45, 2.75) is 168 Å². The summed E-state index contributed by atoms with van der Waals surface area (Å²) in [4.78, 5) is 13.4. The highest BCUT2D eigenvalue weighted by molar-refractivity contribution is 7.55. The van der Waals surface area contributed by atoms with Gasteiger partial charge in [0.1, 0.15) is 12.0 Å². The van der Waals surface area contributed by atoms with Gasteiger partial charge in [0.25, 0.3) is 0 Å². The van der Waals surface area contributed by atoms with Gasteiger partial charge in [0.15, 0.2) is 5.78 Å². The molecular formula is C36H61F4O4P. The summed E-state index contributed by atoms with van der Waals surface area (Å²) < 4.78 is 76.4. The Hall–Kier alpha value is -1.24. The van der Waals surface area contributed by atoms with Gasteiger partial charge in [-0.05, 0) is 55.9 Å². The van der Waals surface area contributed by atoms with Gasteiger partial charge < -0.3 is 9.05 Å². The molecule has 9 heteroatoms. The van der Waals surface area contributed by atoms with Gasteiger partial charge in [-0.1, -0.05) is 123 Å². The summed E-state index contributed by atoms with van der Waals surface area (Å²) in [6.07, 6.45) is 15.4. The zero-order valence-electron chi connectivity index (χ0n) is 28.2. The molecule has 0 bridgehead atoms. The SMILES string of the molecule is CCCCCCCCCOP(=O)(CC(=O)c1ccc(F)cc1CCCCCCCCCC(F)(F)F)OCCCCCCCCC. The maximum absolute atomic E-state index is 14.2. The molecule has 0 aliphatic heterocycles. The highest BCUT2D eigenvalue weighted by Crippen LogP contribution is 2.49. The number of hydrogen-bond donors (Lipinski definition) is 0. The predicted molar refractivity (Wildman–Crippen MR) is 178 cm³/mol. The largest absolute Gasteiger partial charge is 0.389 e.